The smallest absolute Gasteiger partial charge is 0.349 e. The van der Waals surface area contributed by atoms with Crippen LogP contribution in [0, 0.1) is 23.7 Å². The molecule has 6 aliphatic rings. The van der Waals surface area contributed by atoms with Gasteiger partial charge < -0.3 is 33.3 Å². The Balaban J connectivity index is 0.919. The summed E-state index contributed by atoms with van der Waals surface area (Å²) in [5.41, 5.74) is -0.0916. The Morgan fingerprint density at radius 1 is 0.940 bits per heavy atom. The van der Waals surface area contributed by atoms with Gasteiger partial charge in [0.05, 0.1) is 6.42 Å². The van der Waals surface area contributed by atoms with Crippen LogP contribution < -0.4 is 10.5 Å². The number of carbonyl (C=O) groups is 3. The Hall–Kier alpha value is -3.52. The highest BCUT2D eigenvalue weighted by Crippen LogP contribution is 2.60. The molecule has 6 fully saturated rings. The summed E-state index contributed by atoms with van der Waals surface area (Å²) in [7, 11) is 0. The van der Waals surface area contributed by atoms with Crippen molar-refractivity contribution in [1.29, 1.82) is 0 Å². The molecule has 6 heterocycles. The average molecular weight is 696 g/mol. The molecule has 2 aromatic rings. The molecule has 0 N–H and O–H groups in total. The number of benzene rings is 1. The first kappa shape index (κ1) is 34.9. The molecule has 1 spiro atoms. The number of nitrogens with zero attached hydrogens (tertiary/aromatic N) is 3. The molecule has 2 bridgehead atoms. The molecule has 1 saturated carbocycles. The molecule has 5 saturated heterocycles. The highest BCUT2D eigenvalue weighted by molar-refractivity contribution is 5.97. The maximum atomic E-state index is 13.3. The quantitative estimate of drug-likeness (QED) is 0.220. The Morgan fingerprint density at radius 3 is 2.42 bits per heavy atom. The number of carbonyl (C=O) groups excluding carboxylic acids is 3. The third-order valence-corrected chi connectivity index (χ3v) is 11.9. The summed E-state index contributed by atoms with van der Waals surface area (Å²) < 4.78 is 24.1. The third kappa shape index (κ3) is 6.09. The second-order valence-electron chi connectivity index (χ2n) is 14.8. The topological polar surface area (TPSA) is 137 Å². The lowest BCUT2D eigenvalue weighted by Crippen LogP contribution is -2.70. The minimum absolute atomic E-state index is 0.0231. The molecule has 1 aromatic heterocycles. The summed E-state index contributed by atoms with van der Waals surface area (Å²) >= 11 is 0. The van der Waals surface area contributed by atoms with Crippen LogP contribution >= 0.6 is 0 Å². The van der Waals surface area contributed by atoms with Crippen molar-refractivity contribution in [3.05, 3.63) is 40.2 Å². The van der Waals surface area contributed by atoms with E-state index in [9.17, 15) is 19.2 Å². The second kappa shape index (κ2) is 13.6. The normalized spacial score (nSPS) is 33.5. The van der Waals surface area contributed by atoms with E-state index in [0.29, 0.717) is 23.3 Å². The number of esters is 1. The maximum absolute atomic E-state index is 13.3. The van der Waals surface area contributed by atoms with E-state index in [2.05, 4.69) is 25.7 Å². The molecule has 50 heavy (non-hydrogen) atoms. The van der Waals surface area contributed by atoms with Crippen molar-refractivity contribution in [2.24, 2.45) is 23.7 Å². The Labute approximate surface area is 292 Å². The van der Waals surface area contributed by atoms with Gasteiger partial charge in [-0.3, -0.25) is 14.4 Å². The number of hydrogen-bond donors (Lipinski definition) is 0. The zero-order chi connectivity index (χ0) is 35.4. The Bertz CT molecular complexity index is 1690. The Kier molecular flexibility index (Phi) is 9.46. The summed E-state index contributed by atoms with van der Waals surface area (Å²) in [4.78, 5) is 69.7. The van der Waals surface area contributed by atoms with E-state index in [-0.39, 0.29) is 68.2 Å². The SMILES string of the molecule is CCN(CC)c1ccc2cc(C(=O)N3CCN(C(=O)CCC(=O)O[C@@H]4O[C@@H]5OC6(C)CCC7[C@H](C)CC[C@@H]([C@H]4C)C75OO6)CC3)c(=O)oc2c1. The zero-order valence-corrected chi connectivity index (χ0v) is 29.7. The number of amides is 2. The molecule has 0 radical (unpaired) electrons. The van der Waals surface area contributed by atoms with E-state index in [0.717, 1.165) is 38.0 Å². The van der Waals surface area contributed by atoms with Crippen LogP contribution in [0.4, 0.5) is 5.69 Å². The van der Waals surface area contributed by atoms with Crippen LogP contribution in [0.2, 0.25) is 0 Å². The van der Waals surface area contributed by atoms with Gasteiger partial charge in [-0.1, -0.05) is 13.8 Å². The third-order valence-electron chi connectivity index (χ3n) is 11.9. The highest BCUT2D eigenvalue weighted by Gasteiger charge is 2.69. The number of hydrogen-bond acceptors (Lipinski definition) is 11. The predicted octanol–water partition coefficient (Wildman–Crippen LogP) is 4.46. The van der Waals surface area contributed by atoms with Crippen molar-refractivity contribution in [3.8, 4) is 0 Å². The van der Waals surface area contributed by atoms with E-state index in [1.807, 2.05) is 32.0 Å². The van der Waals surface area contributed by atoms with Crippen molar-refractivity contribution in [3.63, 3.8) is 0 Å². The number of piperazine rings is 1. The van der Waals surface area contributed by atoms with Gasteiger partial charge in [0.2, 0.25) is 18.0 Å². The minimum Gasteiger partial charge on any atom is -0.435 e. The van der Waals surface area contributed by atoms with Crippen molar-refractivity contribution in [1.82, 2.24) is 9.80 Å². The first-order chi connectivity index (χ1) is 24.0. The maximum Gasteiger partial charge on any atom is 0.349 e. The summed E-state index contributed by atoms with van der Waals surface area (Å²) in [5, 5.41) is 0.667. The first-order valence-electron chi connectivity index (χ1n) is 18.3. The standard InChI is InChI=1S/C37H49N3O10/c1-6-38(7-2)25-10-9-24-20-26(33(44)45-29(24)21-25)32(43)40-18-16-39(17-19-40)30(41)12-13-31(42)46-34-23(4)28-11-8-22(3)27-14-15-36(5)48-35(47-34)37(27,28)50-49-36/h9-10,20-23,27-28,34-35H,6-8,11-19H2,1-5H3/t22-,23-,27?,28+,34-,35-,36?,37?/m1/s1. The van der Waals surface area contributed by atoms with E-state index >= 15 is 0 Å². The summed E-state index contributed by atoms with van der Waals surface area (Å²) in [6.07, 6.45) is 1.84. The zero-order valence-electron chi connectivity index (χ0n) is 29.7. The molecule has 13 nitrogen and oxygen atoms in total. The van der Waals surface area contributed by atoms with E-state index in [1.54, 1.807) is 15.9 Å². The van der Waals surface area contributed by atoms with Crippen molar-refractivity contribution in [2.45, 2.75) is 97.1 Å². The highest BCUT2D eigenvalue weighted by atomic mass is 17.3. The van der Waals surface area contributed by atoms with Gasteiger partial charge in [-0.2, -0.15) is 0 Å². The fourth-order valence-corrected chi connectivity index (χ4v) is 8.93. The van der Waals surface area contributed by atoms with Gasteiger partial charge in [-0.25, -0.2) is 14.6 Å². The van der Waals surface area contributed by atoms with Crippen LogP contribution in [0.25, 0.3) is 11.0 Å². The molecular weight excluding hydrogens is 646 g/mol. The van der Waals surface area contributed by atoms with Gasteiger partial charge in [0.25, 0.3) is 5.91 Å². The summed E-state index contributed by atoms with van der Waals surface area (Å²) in [5.74, 6) is -1.58. The minimum atomic E-state index is -0.925. The lowest BCUT2D eigenvalue weighted by atomic mass is 9.58. The van der Waals surface area contributed by atoms with Crippen LogP contribution in [-0.4, -0.2) is 90.8 Å². The molecule has 1 aromatic carbocycles. The lowest BCUT2D eigenvalue weighted by Gasteiger charge is -2.59. The predicted molar refractivity (Wildman–Crippen MR) is 181 cm³/mol. The largest absolute Gasteiger partial charge is 0.435 e. The number of rotatable bonds is 8. The monoisotopic (exact) mass is 695 g/mol. The second-order valence-corrected chi connectivity index (χ2v) is 14.8. The van der Waals surface area contributed by atoms with E-state index < -0.39 is 41.5 Å². The van der Waals surface area contributed by atoms with Gasteiger partial charge in [0, 0.05) is 81.1 Å². The molecule has 1 aliphatic carbocycles. The fourth-order valence-electron chi connectivity index (χ4n) is 8.93. The fraction of sp³-hybridized carbons (Fsp3) is 0.676. The van der Waals surface area contributed by atoms with Gasteiger partial charge >= 0.3 is 11.6 Å². The van der Waals surface area contributed by atoms with Crippen LogP contribution in [0.5, 0.6) is 0 Å². The van der Waals surface area contributed by atoms with Crippen molar-refractivity contribution < 1.29 is 42.8 Å². The van der Waals surface area contributed by atoms with Crippen molar-refractivity contribution >= 4 is 34.4 Å². The van der Waals surface area contributed by atoms with Gasteiger partial charge in [-0.15, -0.1) is 0 Å². The van der Waals surface area contributed by atoms with Gasteiger partial charge in [-0.05, 0) is 70.1 Å². The number of ether oxygens (including phenoxy) is 3. The molecular formula is C37H49N3O10. The van der Waals surface area contributed by atoms with E-state index in [4.69, 9.17) is 28.4 Å². The van der Waals surface area contributed by atoms with Crippen LogP contribution in [0.3, 0.4) is 0 Å². The lowest BCUT2D eigenvalue weighted by molar-refractivity contribution is -0.576. The van der Waals surface area contributed by atoms with Crippen LogP contribution in [0.15, 0.2) is 33.5 Å². The van der Waals surface area contributed by atoms with Crippen molar-refractivity contribution in [2.75, 3.05) is 44.2 Å². The van der Waals surface area contributed by atoms with E-state index in [1.165, 1.54) is 0 Å². The van der Waals surface area contributed by atoms with Gasteiger partial charge in [0.1, 0.15) is 11.1 Å². The molecule has 3 unspecified atom stereocenters. The van der Waals surface area contributed by atoms with Crippen LogP contribution in [-0.2, 0) is 33.6 Å². The van der Waals surface area contributed by atoms with Gasteiger partial charge in [0.15, 0.2) is 11.9 Å². The first-order valence-corrected chi connectivity index (χ1v) is 18.3. The molecule has 2 amide bonds. The summed E-state index contributed by atoms with van der Waals surface area (Å²) in [6, 6.07) is 7.20. The molecule has 5 aliphatic heterocycles. The molecule has 8 atom stereocenters. The van der Waals surface area contributed by atoms with Crippen LogP contribution in [0.1, 0.15) is 83.5 Å². The molecule has 8 rings (SSSR count). The average Bonchev–Trinajstić information content (AvgIpc) is 3.35. The number of anilines is 1. The number of fused-ring (bicyclic) bond motifs is 3. The Morgan fingerprint density at radius 2 is 1.68 bits per heavy atom. The molecule has 13 heteroatoms. The molecule has 272 valence electrons. The summed E-state index contributed by atoms with van der Waals surface area (Å²) in [6.45, 7) is 13.0.